The first-order chi connectivity index (χ1) is 8.93. The standard InChI is InChI=1S/C18H18/c1-2-6-13-10-11-17-16-9-5-4-7-14(16)12-18(17)15(13)8-3-1/h4-5,7,9-11H,1-3,6,8,12H2. The van der Waals surface area contributed by atoms with Crippen molar-refractivity contribution in [3.63, 3.8) is 0 Å². The van der Waals surface area contributed by atoms with Crippen LogP contribution in [-0.4, -0.2) is 0 Å². The van der Waals surface area contributed by atoms with Crippen molar-refractivity contribution >= 4 is 0 Å². The molecule has 0 fully saturated rings. The molecular weight excluding hydrogens is 216 g/mol. The molecule has 0 amide bonds. The predicted octanol–water partition coefficient (Wildman–Crippen LogP) is 4.53. The average molecular weight is 234 g/mol. The Morgan fingerprint density at radius 2 is 1.50 bits per heavy atom. The molecule has 2 aliphatic carbocycles. The zero-order valence-corrected chi connectivity index (χ0v) is 10.7. The molecule has 2 aliphatic rings. The smallest absolute Gasteiger partial charge is 0.00106 e. The van der Waals surface area contributed by atoms with Crippen LogP contribution in [0.4, 0.5) is 0 Å². The van der Waals surface area contributed by atoms with E-state index in [0.29, 0.717) is 0 Å². The highest BCUT2D eigenvalue weighted by molar-refractivity contribution is 5.78. The Balaban J connectivity index is 1.92. The van der Waals surface area contributed by atoms with Crippen LogP contribution in [-0.2, 0) is 19.3 Å². The molecule has 0 aliphatic heterocycles. The third-order valence-corrected chi connectivity index (χ3v) is 4.58. The summed E-state index contributed by atoms with van der Waals surface area (Å²) >= 11 is 0. The minimum Gasteiger partial charge on any atom is -0.0619 e. The summed E-state index contributed by atoms with van der Waals surface area (Å²) in [6.07, 6.45) is 7.90. The molecule has 0 N–H and O–H groups in total. The van der Waals surface area contributed by atoms with Crippen LogP contribution in [0.3, 0.4) is 0 Å². The zero-order valence-electron chi connectivity index (χ0n) is 10.7. The molecule has 90 valence electrons. The van der Waals surface area contributed by atoms with Crippen LogP contribution in [0.25, 0.3) is 11.1 Å². The van der Waals surface area contributed by atoms with Crippen LogP contribution in [0.15, 0.2) is 36.4 Å². The van der Waals surface area contributed by atoms with Crippen molar-refractivity contribution in [2.75, 3.05) is 0 Å². The lowest BCUT2D eigenvalue weighted by atomic mass is 9.93. The van der Waals surface area contributed by atoms with Crippen LogP contribution in [0, 0.1) is 0 Å². The van der Waals surface area contributed by atoms with Crippen LogP contribution in [0.1, 0.15) is 41.5 Å². The minimum absolute atomic E-state index is 1.16. The van der Waals surface area contributed by atoms with Gasteiger partial charge in [-0.15, -0.1) is 0 Å². The summed E-state index contributed by atoms with van der Waals surface area (Å²) < 4.78 is 0. The van der Waals surface area contributed by atoms with Crippen LogP contribution in [0.5, 0.6) is 0 Å². The van der Waals surface area contributed by atoms with Gasteiger partial charge in [0, 0.05) is 0 Å². The van der Waals surface area contributed by atoms with E-state index in [9.17, 15) is 0 Å². The van der Waals surface area contributed by atoms with Gasteiger partial charge in [-0.2, -0.15) is 0 Å². The third-order valence-electron chi connectivity index (χ3n) is 4.58. The van der Waals surface area contributed by atoms with Gasteiger partial charge in [0.25, 0.3) is 0 Å². The van der Waals surface area contributed by atoms with Gasteiger partial charge in [-0.3, -0.25) is 0 Å². The highest BCUT2D eigenvalue weighted by Gasteiger charge is 2.22. The van der Waals surface area contributed by atoms with Crippen molar-refractivity contribution in [1.82, 2.24) is 0 Å². The first-order valence-corrected chi connectivity index (χ1v) is 7.15. The molecule has 0 nitrogen and oxygen atoms in total. The zero-order chi connectivity index (χ0) is 11.9. The van der Waals surface area contributed by atoms with E-state index in [1.807, 2.05) is 0 Å². The van der Waals surface area contributed by atoms with Crippen molar-refractivity contribution in [1.29, 1.82) is 0 Å². The molecule has 0 bridgehead atoms. The maximum atomic E-state index is 2.39. The van der Waals surface area contributed by atoms with Crippen molar-refractivity contribution in [2.45, 2.75) is 38.5 Å². The average Bonchev–Trinajstić information content (AvgIpc) is 2.62. The van der Waals surface area contributed by atoms with Crippen molar-refractivity contribution in [3.05, 3.63) is 58.7 Å². The van der Waals surface area contributed by atoms with E-state index >= 15 is 0 Å². The Hall–Kier alpha value is -1.56. The first-order valence-electron chi connectivity index (χ1n) is 7.15. The second-order valence-corrected chi connectivity index (χ2v) is 5.62. The highest BCUT2D eigenvalue weighted by atomic mass is 14.3. The number of aryl methyl sites for hydroxylation is 1. The number of rotatable bonds is 0. The van der Waals surface area contributed by atoms with Crippen molar-refractivity contribution < 1.29 is 0 Å². The molecule has 0 aromatic heterocycles. The Labute approximate surface area is 109 Å². The molecule has 18 heavy (non-hydrogen) atoms. The summed E-state index contributed by atoms with van der Waals surface area (Å²) in [6.45, 7) is 0. The quantitative estimate of drug-likeness (QED) is 0.501. The van der Waals surface area contributed by atoms with Crippen LogP contribution in [0.2, 0.25) is 0 Å². The molecule has 2 aromatic carbocycles. The molecule has 0 radical (unpaired) electrons. The molecule has 0 heterocycles. The fourth-order valence-electron chi connectivity index (χ4n) is 3.66. The lowest BCUT2D eigenvalue weighted by Crippen LogP contribution is -1.97. The predicted molar refractivity (Wildman–Crippen MR) is 75.9 cm³/mol. The van der Waals surface area contributed by atoms with E-state index in [4.69, 9.17) is 0 Å². The summed E-state index contributed by atoms with van der Waals surface area (Å²) in [7, 11) is 0. The number of hydrogen-bond acceptors (Lipinski definition) is 0. The topological polar surface area (TPSA) is 0 Å². The largest absolute Gasteiger partial charge is 0.0619 e. The highest BCUT2D eigenvalue weighted by Crippen LogP contribution is 2.40. The molecule has 0 heteroatoms. The van der Waals surface area contributed by atoms with Gasteiger partial charge in [-0.05, 0) is 65.5 Å². The van der Waals surface area contributed by atoms with Gasteiger partial charge in [0.15, 0.2) is 0 Å². The summed E-state index contributed by atoms with van der Waals surface area (Å²) in [5, 5.41) is 0. The second kappa shape index (κ2) is 3.98. The maximum absolute atomic E-state index is 2.39. The van der Waals surface area contributed by atoms with Crippen molar-refractivity contribution in [3.8, 4) is 11.1 Å². The van der Waals surface area contributed by atoms with Gasteiger partial charge in [0.1, 0.15) is 0 Å². The maximum Gasteiger partial charge on any atom is -0.00106 e. The summed E-state index contributed by atoms with van der Waals surface area (Å²) in [4.78, 5) is 0. The first kappa shape index (κ1) is 10.4. The summed E-state index contributed by atoms with van der Waals surface area (Å²) in [5.41, 5.74) is 9.44. The van der Waals surface area contributed by atoms with E-state index in [-0.39, 0.29) is 0 Å². The Morgan fingerprint density at radius 3 is 2.50 bits per heavy atom. The monoisotopic (exact) mass is 234 g/mol. The summed E-state index contributed by atoms with van der Waals surface area (Å²) in [5.74, 6) is 0. The van der Waals surface area contributed by atoms with E-state index < -0.39 is 0 Å². The number of hydrogen-bond donors (Lipinski definition) is 0. The lowest BCUT2D eigenvalue weighted by molar-refractivity contribution is 0.711. The molecule has 0 unspecified atom stereocenters. The van der Waals surface area contributed by atoms with Crippen molar-refractivity contribution in [2.24, 2.45) is 0 Å². The molecule has 0 saturated carbocycles. The fourth-order valence-corrected chi connectivity index (χ4v) is 3.66. The normalized spacial score (nSPS) is 16.7. The fraction of sp³-hybridized carbons (Fsp3) is 0.333. The SMILES string of the molecule is c1ccc2c(c1)Cc1c-2ccc2c1CCCCC2. The Kier molecular flexibility index (Phi) is 2.29. The van der Waals surface area contributed by atoms with Gasteiger partial charge < -0.3 is 0 Å². The second-order valence-electron chi connectivity index (χ2n) is 5.62. The molecule has 0 spiro atoms. The molecule has 2 aromatic rings. The Bertz CT molecular complexity index is 607. The van der Waals surface area contributed by atoms with E-state index in [2.05, 4.69) is 36.4 Å². The number of benzene rings is 2. The molecule has 4 rings (SSSR count). The van der Waals surface area contributed by atoms with Crippen LogP contribution >= 0.6 is 0 Å². The van der Waals surface area contributed by atoms with Gasteiger partial charge in [-0.1, -0.05) is 42.8 Å². The molecule has 0 atom stereocenters. The van der Waals surface area contributed by atoms with Gasteiger partial charge in [0.05, 0.1) is 0 Å². The van der Waals surface area contributed by atoms with Gasteiger partial charge in [0.2, 0.25) is 0 Å². The van der Waals surface area contributed by atoms with E-state index in [0.717, 1.165) is 6.42 Å². The third kappa shape index (κ3) is 1.45. The lowest BCUT2D eigenvalue weighted by Gasteiger charge is -2.11. The molecule has 0 saturated heterocycles. The van der Waals surface area contributed by atoms with Gasteiger partial charge >= 0.3 is 0 Å². The minimum atomic E-state index is 1.16. The van der Waals surface area contributed by atoms with Crippen LogP contribution < -0.4 is 0 Å². The summed E-state index contributed by atoms with van der Waals surface area (Å²) in [6, 6.07) is 13.7. The van der Waals surface area contributed by atoms with E-state index in [1.165, 1.54) is 48.8 Å². The number of fused-ring (bicyclic) bond motifs is 5. The van der Waals surface area contributed by atoms with E-state index in [1.54, 1.807) is 16.7 Å². The van der Waals surface area contributed by atoms with Gasteiger partial charge in [-0.25, -0.2) is 0 Å². The Morgan fingerprint density at radius 1 is 0.611 bits per heavy atom. The molecular formula is C18H18.